The monoisotopic (exact) mass is 233 g/mol. The first kappa shape index (κ1) is 11.6. The van der Waals surface area contributed by atoms with Gasteiger partial charge in [-0.2, -0.15) is 0 Å². The molecule has 0 bridgehead atoms. The molecular weight excluding hydrogens is 221 g/mol. The number of rotatable bonds is 4. The molecule has 78 valence electrons. The Kier molecular flexibility index (Phi) is 4.52. The van der Waals surface area contributed by atoms with E-state index in [1.165, 1.54) is 0 Å². The van der Waals surface area contributed by atoms with E-state index in [1.54, 1.807) is 25.3 Å². The minimum absolute atomic E-state index is 0.144. The Morgan fingerprint density at radius 3 is 2.79 bits per heavy atom. The summed E-state index contributed by atoms with van der Waals surface area (Å²) in [4.78, 5) is 0. The second-order valence-electron chi connectivity index (χ2n) is 3.05. The van der Waals surface area contributed by atoms with Crippen LogP contribution in [0.2, 0.25) is 10.0 Å². The molecule has 0 aliphatic rings. The SMILES string of the molecule is COC(C)CNc1cc(Cl)ccc1Cl. The molecule has 2 nitrogen and oxygen atoms in total. The number of halogens is 2. The highest BCUT2D eigenvalue weighted by atomic mass is 35.5. The molecule has 0 heterocycles. The third-order valence-corrected chi connectivity index (χ3v) is 2.48. The van der Waals surface area contributed by atoms with E-state index in [-0.39, 0.29) is 6.10 Å². The Bertz CT molecular complexity index is 304. The number of anilines is 1. The zero-order valence-electron chi connectivity index (χ0n) is 8.18. The maximum atomic E-state index is 5.96. The van der Waals surface area contributed by atoms with Crippen molar-refractivity contribution in [2.45, 2.75) is 13.0 Å². The van der Waals surface area contributed by atoms with Gasteiger partial charge >= 0.3 is 0 Å². The Hall–Kier alpha value is -0.440. The van der Waals surface area contributed by atoms with Gasteiger partial charge in [-0.15, -0.1) is 0 Å². The number of hydrogen-bond acceptors (Lipinski definition) is 2. The number of methoxy groups -OCH3 is 1. The van der Waals surface area contributed by atoms with Crippen molar-refractivity contribution in [3.63, 3.8) is 0 Å². The van der Waals surface area contributed by atoms with E-state index in [2.05, 4.69) is 5.32 Å². The quantitative estimate of drug-likeness (QED) is 0.861. The maximum absolute atomic E-state index is 5.96. The lowest BCUT2D eigenvalue weighted by molar-refractivity contribution is 0.129. The number of ether oxygens (including phenoxy) is 1. The molecule has 1 N–H and O–H groups in total. The first-order chi connectivity index (χ1) is 6.63. The summed E-state index contributed by atoms with van der Waals surface area (Å²) >= 11 is 11.8. The molecule has 0 amide bonds. The molecule has 1 aromatic carbocycles. The first-order valence-electron chi connectivity index (χ1n) is 4.35. The molecule has 0 spiro atoms. The first-order valence-corrected chi connectivity index (χ1v) is 5.11. The van der Waals surface area contributed by atoms with Crippen LogP contribution in [-0.2, 0) is 4.74 Å². The van der Waals surface area contributed by atoms with Crippen LogP contribution in [-0.4, -0.2) is 19.8 Å². The normalized spacial score (nSPS) is 12.6. The van der Waals surface area contributed by atoms with Crippen molar-refractivity contribution >= 4 is 28.9 Å². The maximum Gasteiger partial charge on any atom is 0.0715 e. The standard InChI is InChI=1S/C10H13Cl2NO/c1-7(14-2)6-13-10-5-8(11)3-4-9(10)12/h3-5,7,13H,6H2,1-2H3. The summed E-state index contributed by atoms with van der Waals surface area (Å²) in [5.74, 6) is 0. The van der Waals surface area contributed by atoms with Gasteiger partial charge in [-0.1, -0.05) is 23.2 Å². The van der Waals surface area contributed by atoms with Crippen molar-refractivity contribution in [2.24, 2.45) is 0 Å². The van der Waals surface area contributed by atoms with E-state index in [9.17, 15) is 0 Å². The molecule has 0 saturated carbocycles. The highest BCUT2D eigenvalue weighted by Gasteiger charge is 2.03. The van der Waals surface area contributed by atoms with Crippen molar-refractivity contribution in [1.82, 2.24) is 0 Å². The van der Waals surface area contributed by atoms with Gasteiger partial charge in [0.05, 0.1) is 16.8 Å². The van der Waals surface area contributed by atoms with Gasteiger partial charge in [-0.05, 0) is 25.1 Å². The molecule has 0 aliphatic carbocycles. The minimum atomic E-state index is 0.144. The molecule has 0 saturated heterocycles. The molecule has 1 atom stereocenters. The Labute approximate surface area is 94.2 Å². The number of benzene rings is 1. The molecule has 0 aromatic heterocycles. The lowest BCUT2D eigenvalue weighted by atomic mass is 10.3. The molecule has 0 aliphatic heterocycles. The lowest BCUT2D eigenvalue weighted by Crippen LogP contribution is -2.18. The Morgan fingerprint density at radius 2 is 2.14 bits per heavy atom. The second-order valence-corrected chi connectivity index (χ2v) is 3.90. The molecule has 1 unspecified atom stereocenters. The van der Waals surface area contributed by atoms with Gasteiger partial charge in [0.1, 0.15) is 0 Å². The Morgan fingerprint density at radius 1 is 1.43 bits per heavy atom. The van der Waals surface area contributed by atoms with Gasteiger partial charge in [-0.25, -0.2) is 0 Å². The summed E-state index contributed by atoms with van der Waals surface area (Å²) in [5.41, 5.74) is 0.836. The zero-order valence-corrected chi connectivity index (χ0v) is 9.69. The van der Waals surface area contributed by atoms with Gasteiger partial charge in [-0.3, -0.25) is 0 Å². The summed E-state index contributed by atoms with van der Waals surface area (Å²) < 4.78 is 5.10. The fraction of sp³-hybridized carbons (Fsp3) is 0.400. The number of hydrogen-bond donors (Lipinski definition) is 1. The zero-order chi connectivity index (χ0) is 10.6. The van der Waals surface area contributed by atoms with Gasteiger partial charge in [0.2, 0.25) is 0 Å². The van der Waals surface area contributed by atoms with Crippen molar-refractivity contribution in [2.75, 3.05) is 19.0 Å². The summed E-state index contributed by atoms with van der Waals surface area (Å²) in [5, 5.41) is 4.50. The average molecular weight is 234 g/mol. The largest absolute Gasteiger partial charge is 0.381 e. The third-order valence-electron chi connectivity index (χ3n) is 1.91. The molecular formula is C10H13Cl2NO. The van der Waals surface area contributed by atoms with Crippen LogP contribution in [0.15, 0.2) is 18.2 Å². The predicted molar refractivity (Wildman–Crippen MR) is 61.4 cm³/mol. The predicted octanol–water partition coefficient (Wildman–Crippen LogP) is 3.44. The fourth-order valence-corrected chi connectivity index (χ4v) is 1.33. The molecule has 4 heteroatoms. The van der Waals surface area contributed by atoms with Crippen LogP contribution in [0.25, 0.3) is 0 Å². The fourth-order valence-electron chi connectivity index (χ4n) is 0.970. The summed E-state index contributed by atoms with van der Waals surface area (Å²) in [7, 11) is 1.67. The van der Waals surface area contributed by atoms with Crippen LogP contribution in [0.3, 0.4) is 0 Å². The molecule has 0 fully saturated rings. The van der Waals surface area contributed by atoms with Gasteiger partial charge in [0, 0.05) is 18.7 Å². The Balaban J connectivity index is 2.62. The van der Waals surface area contributed by atoms with Crippen LogP contribution >= 0.6 is 23.2 Å². The molecule has 1 aromatic rings. The van der Waals surface area contributed by atoms with E-state index in [1.807, 2.05) is 6.92 Å². The van der Waals surface area contributed by atoms with Gasteiger partial charge in [0.25, 0.3) is 0 Å². The minimum Gasteiger partial charge on any atom is -0.381 e. The van der Waals surface area contributed by atoms with E-state index in [4.69, 9.17) is 27.9 Å². The second kappa shape index (κ2) is 5.44. The van der Waals surface area contributed by atoms with Crippen LogP contribution in [0, 0.1) is 0 Å². The lowest BCUT2D eigenvalue weighted by Gasteiger charge is -2.13. The van der Waals surface area contributed by atoms with Gasteiger partial charge < -0.3 is 10.1 Å². The molecule has 14 heavy (non-hydrogen) atoms. The topological polar surface area (TPSA) is 21.3 Å². The van der Waals surface area contributed by atoms with Crippen molar-refractivity contribution < 1.29 is 4.74 Å². The summed E-state index contributed by atoms with van der Waals surface area (Å²) in [6, 6.07) is 5.32. The van der Waals surface area contributed by atoms with Crippen molar-refractivity contribution in [3.8, 4) is 0 Å². The van der Waals surface area contributed by atoms with Crippen molar-refractivity contribution in [3.05, 3.63) is 28.2 Å². The third kappa shape index (κ3) is 3.37. The van der Waals surface area contributed by atoms with Crippen LogP contribution in [0.5, 0.6) is 0 Å². The van der Waals surface area contributed by atoms with Gasteiger partial charge in [0.15, 0.2) is 0 Å². The van der Waals surface area contributed by atoms with Crippen LogP contribution < -0.4 is 5.32 Å². The van der Waals surface area contributed by atoms with Crippen LogP contribution in [0.1, 0.15) is 6.92 Å². The van der Waals surface area contributed by atoms with E-state index >= 15 is 0 Å². The van der Waals surface area contributed by atoms with E-state index in [0.29, 0.717) is 16.6 Å². The summed E-state index contributed by atoms with van der Waals surface area (Å²) in [6.45, 7) is 2.68. The van der Waals surface area contributed by atoms with E-state index in [0.717, 1.165) is 5.69 Å². The average Bonchev–Trinajstić information content (AvgIpc) is 2.19. The number of nitrogens with one attached hydrogen (secondary N) is 1. The van der Waals surface area contributed by atoms with E-state index < -0.39 is 0 Å². The highest BCUT2D eigenvalue weighted by molar-refractivity contribution is 6.35. The van der Waals surface area contributed by atoms with Crippen LogP contribution in [0.4, 0.5) is 5.69 Å². The van der Waals surface area contributed by atoms with Crippen molar-refractivity contribution in [1.29, 1.82) is 0 Å². The highest BCUT2D eigenvalue weighted by Crippen LogP contribution is 2.25. The summed E-state index contributed by atoms with van der Waals surface area (Å²) in [6.07, 6.45) is 0.144. The molecule has 0 radical (unpaired) electrons. The molecule has 1 rings (SSSR count). The smallest absolute Gasteiger partial charge is 0.0715 e.